The van der Waals surface area contributed by atoms with E-state index in [1.165, 1.54) is 46.2 Å². The number of fused-ring (bicyclic) bond motifs is 2. The van der Waals surface area contributed by atoms with Gasteiger partial charge in [0, 0.05) is 0 Å². The summed E-state index contributed by atoms with van der Waals surface area (Å²) in [6.07, 6.45) is 7.41. The van der Waals surface area contributed by atoms with Gasteiger partial charge in [-0.1, -0.05) is 51.6 Å². The SMILES string of the molecule is Cc1ccc(C)c2c1C=C(P(C)P(C)C1=Cc3c(C)ccc(C)c3C1)C2. The quantitative estimate of drug-likeness (QED) is 0.484. The summed E-state index contributed by atoms with van der Waals surface area (Å²) in [6, 6.07) is 9.14. The Balaban J connectivity index is 1.60. The van der Waals surface area contributed by atoms with Crippen LogP contribution >= 0.6 is 15.2 Å². The summed E-state index contributed by atoms with van der Waals surface area (Å²) < 4.78 is 0. The first-order valence-corrected chi connectivity index (χ1v) is 13.7. The maximum absolute atomic E-state index is 2.53. The average molecular weight is 378 g/mol. The van der Waals surface area contributed by atoms with E-state index in [0.717, 1.165) is 0 Å². The third-order valence-corrected chi connectivity index (χ3v) is 13.6. The Morgan fingerprint density at radius 2 is 0.923 bits per heavy atom. The van der Waals surface area contributed by atoms with Gasteiger partial charge < -0.3 is 0 Å². The standard InChI is InChI=1S/C24H28P2/c1-15-7-8-16(2)22-12-19(11-21(15)22)25(5)26(6)20-13-23-17(3)9-10-18(4)24(23)14-20/h7-11,13H,12,14H2,1-6H3. The first-order valence-electron chi connectivity index (χ1n) is 9.43. The van der Waals surface area contributed by atoms with E-state index in [0.29, 0.717) is 0 Å². The summed E-state index contributed by atoms with van der Waals surface area (Å²) in [4.78, 5) is 0. The molecule has 4 rings (SSSR count). The zero-order chi connectivity index (χ0) is 18.6. The first kappa shape index (κ1) is 18.2. The highest BCUT2D eigenvalue weighted by atomic mass is 32.1. The minimum absolute atomic E-state index is 0.0893. The van der Waals surface area contributed by atoms with Gasteiger partial charge in [-0.3, -0.25) is 0 Å². The lowest BCUT2D eigenvalue weighted by Crippen LogP contribution is -1.92. The van der Waals surface area contributed by atoms with Gasteiger partial charge in [0.15, 0.2) is 0 Å². The van der Waals surface area contributed by atoms with Gasteiger partial charge >= 0.3 is 0 Å². The number of benzene rings is 2. The fourth-order valence-corrected chi connectivity index (χ4v) is 9.51. The van der Waals surface area contributed by atoms with Gasteiger partial charge in [0.05, 0.1) is 0 Å². The molecule has 2 aromatic carbocycles. The molecule has 2 atom stereocenters. The molecule has 2 unspecified atom stereocenters. The third-order valence-electron chi connectivity index (χ3n) is 6.24. The molecule has 0 nitrogen and oxygen atoms in total. The van der Waals surface area contributed by atoms with E-state index in [1.807, 2.05) is 0 Å². The molecule has 2 aliphatic rings. The van der Waals surface area contributed by atoms with E-state index in [1.54, 1.807) is 21.8 Å². The summed E-state index contributed by atoms with van der Waals surface area (Å²) in [7, 11) is -0.179. The van der Waals surface area contributed by atoms with Crippen molar-refractivity contribution < 1.29 is 0 Å². The van der Waals surface area contributed by atoms with Gasteiger partial charge in [-0.25, -0.2) is 0 Å². The Bertz CT molecular complexity index is 883. The largest absolute Gasteiger partial charge is 0.0587 e. The molecule has 0 heterocycles. The number of rotatable bonds is 3. The van der Waals surface area contributed by atoms with Crippen LogP contribution in [0.3, 0.4) is 0 Å². The molecule has 0 aromatic heterocycles. The maximum atomic E-state index is 2.53. The summed E-state index contributed by atoms with van der Waals surface area (Å²) >= 11 is 0. The van der Waals surface area contributed by atoms with E-state index < -0.39 is 0 Å². The van der Waals surface area contributed by atoms with Crippen molar-refractivity contribution in [3.05, 3.63) is 79.4 Å². The van der Waals surface area contributed by atoms with Crippen LogP contribution in [0.4, 0.5) is 0 Å². The molecular formula is C24H28P2. The summed E-state index contributed by atoms with van der Waals surface area (Å²) in [5, 5.41) is 3.40. The molecule has 0 fully saturated rings. The predicted molar refractivity (Wildman–Crippen MR) is 121 cm³/mol. The number of hydrogen-bond donors (Lipinski definition) is 0. The molecule has 0 aliphatic heterocycles. The normalized spacial score (nSPS) is 17.5. The van der Waals surface area contributed by atoms with Crippen molar-refractivity contribution in [2.24, 2.45) is 0 Å². The molecule has 2 aliphatic carbocycles. The second kappa shape index (κ2) is 6.74. The summed E-state index contributed by atoms with van der Waals surface area (Å²) in [6.45, 7) is 14.1. The van der Waals surface area contributed by atoms with Crippen molar-refractivity contribution in [3.8, 4) is 0 Å². The molecule has 26 heavy (non-hydrogen) atoms. The van der Waals surface area contributed by atoms with Gasteiger partial charge in [-0.05, 0) is 109 Å². The van der Waals surface area contributed by atoms with Crippen LogP contribution in [-0.2, 0) is 12.8 Å². The predicted octanol–water partition coefficient (Wildman–Crippen LogP) is 7.55. The van der Waals surface area contributed by atoms with Crippen molar-refractivity contribution >= 4 is 27.4 Å². The maximum Gasteiger partial charge on any atom is -0.000903 e. The van der Waals surface area contributed by atoms with Crippen LogP contribution in [0.1, 0.15) is 44.5 Å². The van der Waals surface area contributed by atoms with E-state index in [2.05, 4.69) is 77.4 Å². The van der Waals surface area contributed by atoms with Gasteiger partial charge in [0.1, 0.15) is 0 Å². The lowest BCUT2D eigenvalue weighted by atomic mass is 10.00. The fourth-order valence-electron chi connectivity index (χ4n) is 4.25. The highest BCUT2D eigenvalue weighted by Crippen LogP contribution is 2.75. The highest BCUT2D eigenvalue weighted by molar-refractivity contribution is 8.32. The number of hydrogen-bond acceptors (Lipinski definition) is 0. The van der Waals surface area contributed by atoms with Crippen LogP contribution in [0.5, 0.6) is 0 Å². The second-order valence-corrected chi connectivity index (χ2v) is 14.7. The number of allylic oxidation sites excluding steroid dienone is 2. The van der Waals surface area contributed by atoms with Crippen molar-refractivity contribution in [2.45, 2.75) is 40.5 Å². The molecule has 2 heteroatoms. The van der Waals surface area contributed by atoms with E-state index in [4.69, 9.17) is 0 Å². The second-order valence-electron chi connectivity index (χ2n) is 7.86. The van der Waals surface area contributed by atoms with E-state index in [9.17, 15) is 0 Å². The van der Waals surface area contributed by atoms with Crippen molar-refractivity contribution in [1.29, 1.82) is 0 Å². The molecule has 0 radical (unpaired) electrons. The molecule has 134 valence electrons. The minimum atomic E-state index is -0.0893. The molecule has 0 saturated carbocycles. The Hall–Kier alpha value is -1.22. The van der Waals surface area contributed by atoms with Crippen LogP contribution in [-0.4, -0.2) is 13.3 Å². The lowest BCUT2D eigenvalue weighted by molar-refractivity contribution is 1.21. The zero-order valence-electron chi connectivity index (χ0n) is 16.8. The van der Waals surface area contributed by atoms with Crippen LogP contribution < -0.4 is 0 Å². The smallest absolute Gasteiger partial charge is 0.000903 e. The van der Waals surface area contributed by atoms with Crippen LogP contribution in [0, 0.1) is 27.7 Å². The number of aryl methyl sites for hydroxylation is 4. The monoisotopic (exact) mass is 378 g/mol. The van der Waals surface area contributed by atoms with Crippen molar-refractivity contribution in [2.75, 3.05) is 13.3 Å². The fraction of sp³-hybridized carbons (Fsp3) is 0.333. The molecule has 0 saturated heterocycles. The molecule has 0 bridgehead atoms. The van der Waals surface area contributed by atoms with E-state index >= 15 is 0 Å². The van der Waals surface area contributed by atoms with Gasteiger partial charge in [-0.2, -0.15) is 0 Å². The van der Waals surface area contributed by atoms with Gasteiger partial charge in [0.25, 0.3) is 0 Å². The average Bonchev–Trinajstić information content (AvgIpc) is 3.26. The first-order chi connectivity index (χ1) is 12.4. The molecule has 0 spiro atoms. The summed E-state index contributed by atoms with van der Waals surface area (Å²) in [5.74, 6) is 0. The topological polar surface area (TPSA) is 0 Å². The Kier molecular flexibility index (Phi) is 4.71. The third kappa shape index (κ3) is 2.93. The molecule has 0 N–H and O–H groups in total. The lowest BCUT2D eigenvalue weighted by Gasteiger charge is -2.24. The molecular weight excluding hydrogens is 350 g/mol. The Labute approximate surface area is 160 Å². The zero-order valence-corrected chi connectivity index (χ0v) is 18.6. The Morgan fingerprint density at radius 3 is 1.27 bits per heavy atom. The van der Waals surface area contributed by atoms with Crippen molar-refractivity contribution in [1.82, 2.24) is 0 Å². The Morgan fingerprint density at radius 1 is 0.577 bits per heavy atom. The van der Waals surface area contributed by atoms with Crippen LogP contribution in [0.25, 0.3) is 12.2 Å². The molecule has 0 amide bonds. The molecule has 2 aromatic rings. The van der Waals surface area contributed by atoms with Crippen molar-refractivity contribution in [3.63, 3.8) is 0 Å². The van der Waals surface area contributed by atoms with Gasteiger partial charge in [-0.15, -0.1) is 0 Å². The minimum Gasteiger partial charge on any atom is -0.0587 e. The van der Waals surface area contributed by atoms with Crippen LogP contribution in [0.2, 0.25) is 0 Å². The summed E-state index contributed by atoms with van der Waals surface area (Å²) in [5.41, 5.74) is 12.0. The van der Waals surface area contributed by atoms with E-state index in [-0.39, 0.29) is 15.2 Å². The van der Waals surface area contributed by atoms with Gasteiger partial charge in [0.2, 0.25) is 0 Å². The highest BCUT2D eigenvalue weighted by Gasteiger charge is 2.28. The van der Waals surface area contributed by atoms with Crippen LogP contribution in [0.15, 0.2) is 34.9 Å².